The van der Waals surface area contributed by atoms with Gasteiger partial charge in [-0.05, 0) is 19.8 Å². The van der Waals surface area contributed by atoms with Crippen molar-refractivity contribution in [3.63, 3.8) is 0 Å². The first-order valence-corrected chi connectivity index (χ1v) is 6.10. The minimum absolute atomic E-state index is 0.143. The molecule has 86 valence electrons. The van der Waals surface area contributed by atoms with Crippen LogP contribution >= 0.6 is 0 Å². The van der Waals surface area contributed by atoms with E-state index in [1.165, 1.54) is 32.1 Å². The van der Waals surface area contributed by atoms with Crippen LogP contribution in [0.15, 0.2) is 11.8 Å². The lowest BCUT2D eigenvalue weighted by molar-refractivity contribution is -0.118. The lowest BCUT2D eigenvalue weighted by atomic mass is 10.0. The van der Waals surface area contributed by atoms with Gasteiger partial charge in [-0.25, -0.2) is 0 Å². The summed E-state index contributed by atoms with van der Waals surface area (Å²) in [5.74, 6) is 1.00. The second-order valence-electron chi connectivity index (χ2n) is 4.37. The quantitative estimate of drug-likeness (QED) is 0.626. The molecule has 1 heterocycles. The maximum absolute atomic E-state index is 11.3. The van der Waals surface area contributed by atoms with Crippen molar-refractivity contribution in [1.82, 2.24) is 0 Å². The zero-order valence-electron chi connectivity index (χ0n) is 9.92. The van der Waals surface area contributed by atoms with E-state index in [0.717, 1.165) is 12.2 Å². The maximum Gasteiger partial charge on any atom is 0.162 e. The van der Waals surface area contributed by atoms with Crippen LogP contribution in [0.5, 0.6) is 0 Å². The van der Waals surface area contributed by atoms with Crippen LogP contribution in [-0.4, -0.2) is 11.9 Å². The van der Waals surface area contributed by atoms with E-state index < -0.39 is 0 Å². The van der Waals surface area contributed by atoms with Crippen LogP contribution in [0.25, 0.3) is 0 Å². The Hall–Kier alpha value is -0.790. The summed E-state index contributed by atoms with van der Waals surface area (Å²) in [5, 5.41) is 0. The molecule has 0 aliphatic carbocycles. The third-order valence-corrected chi connectivity index (χ3v) is 2.78. The minimum atomic E-state index is 0.143. The van der Waals surface area contributed by atoms with Gasteiger partial charge < -0.3 is 4.74 Å². The Morgan fingerprint density at radius 2 is 2.07 bits per heavy atom. The van der Waals surface area contributed by atoms with Gasteiger partial charge in [0.2, 0.25) is 0 Å². The number of hydrogen-bond acceptors (Lipinski definition) is 2. The van der Waals surface area contributed by atoms with Crippen LogP contribution in [0.4, 0.5) is 0 Å². The van der Waals surface area contributed by atoms with Crippen molar-refractivity contribution in [3.8, 4) is 0 Å². The number of hydrogen-bond donors (Lipinski definition) is 0. The Morgan fingerprint density at radius 1 is 1.33 bits per heavy atom. The lowest BCUT2D eigenvalue weighted by Gasteiger charge is -2.22. The lowest BCUT2D eigenvalue weighted by Crippen LogP contribution is -2.21. The molecule has 0 saturated carbocycles. The molecule has 0 N–H and O–H groups in total. The van der Waals surface area contributed by atoms with Crippen LogP contribution in [0.1, 0.15) is 58.8 Å². The van der Waals surface area contributed by atoms with E-state index in [-0.39, 0.29) is 11.9 Å². The molecular formula is C13H22O2. The zero-order valence-corrected chi connectivity index (χ0v) is 9.92. The fraction of sp³-hybridized carbons (Fsp3) is 0.769. The van der Waals surface area contributed by atoms with Gasteiger partial charge in [0.1, 0.15) is 6.10 Å². The number of ketones is 1. The molecular weight excluding hydrogens is 188 g/mol. The van der Waals surface area contributed by atoms with E-state index in [2.05, 4.69) is 6.92 Å². The molecule has 1 rings (SSSR count). The average molecular weight is 210 g/mol. The van der Waals surface area contributed by atoms with Crippen molar-refractivity contribution in [2.24, 2.45) is 0 Å². The average Bonchev–Trinajstić information content (AvgIpc) is 2.16. The minimum Gasteiger partial charge on any atom is -0.494 e. The maximum atomic E-state index is 11.3. The molecule has 2 nitrogen and oxygen atoms in total. The van der Waals surface area contributed by atoms with Gasteiger partial charge in [0.15, 0.2) is 5.78 Å². The van der Waals surface area contributed by atoms with E-state index >= 15 is 0 Å². The summed E-state index contributed by atoms with van der Waals surface area (Å²) in [5.41, 5.74) is 0. The van der Waals surface area contributed by atoms with Gasteiger partial charge in [-0.1, -0.05) is 32.6 Å². The molecule has 0 aromatic carbocycles. The van der Waals surface area contributed by atoms with Gasteiger partial charge in [-0.2, -0.15) is 0 Å². The van der Waals surface area contributed by atoms with E-state index in [1.54, 1.807) is 6.08 Å². The van der Waals surface area contributed by atoms with Crippen LogP contribution in [0.2, 0.25) is 0 Å². The number of rotatable bonds is 6. The first-order valence-electron chi connectivity index (χ1n) is 6.10. The zero-order chi connectivity index (χ0) is 11.1. The molecule has 1 unspecified atom stereocenters. The van der Waals surface area contributed by atoms with Crippen molar-refractivity contribution in [1.29, 1.82) is 0 Å². The van der Waals surface area contributed by atoms with Gasteiger partial charge in [-0.15, -0.1) is 0 Å². The third-order valence-electron chi connectivity index (χ3n) is 2.78. The number of allylic oxidation sites excluding steroid dienone is 2. The topological polar surface area (TPSA) is 26.3 Å². The Bertz CT molecular complexity index is 231. The highest BCUT2D eigenvalue weighted by Gasteiger charge is 2.18. The summed E-state index contributed by atoms with van der Waals surface area (Å²) in [4.78, 5) is 11.3. The van der Waals surface area contributed by atoms with E-state index in [1.807, 2.05) is 6.92 Å². The summed E-state index contributed by atoms with van der Waals surface area (Å²) >= 11 is 0. The van der Waals surface area contributed by atoms with Crippen molar-refractivity contribution in [2.45, 2.75) is 64.9 Å². The highest BCUT2D eigenvalue weighted by atomic mass is 16.5. The Balaban J connectivity index is 2.12. The van der Waals surface area contributed by atoms with Crippen LogP contribution in [-0.2, 0) is 9.53 Å². The summed E-state index contributed by atoms with van der Waals surface area (Å²) in [6.07, 6.45) is 9.72. The van der Waals surface area contributed by atoms with E-state index in [0.29, 0.717) is 6.42 Å². The molecule has 1 aliphatic heterocycles. The molecule has 0 amide bonds. The normalized spacial score (nSPS) is 21.1. The molecule has 0 aromatic rings. The van der Waals surface area contributed by atoms with Gasteiger partial charge in [-0.3, -0.25) is 4.79 Å². The Morgan fingerprint density at radius 3 is 2.73 bits per heavy atom. The van der Waals surface area contributed by atoms with Crippen LogP contribution < -0.4 is 0 Å². The monoisotopic (exact) mass is 210 g/mol. The Kier molecular flexibility index (Phi) is 5.44. The van der Waals surface area contributed by atoms with Crippen molar-refractivity contribution in [2.75, 3.05) is 0 Å². The molecule has 0 radical (unpaired) electrons. The van der Waals surface area contributed by atoms with Crippen molar-refractivity contribution in [3.05, 3.63) is 11.8 Å². The molecule has 0 spiro atoms. The molecule has 0 aromatic heterocycles. The summed E-state index contributed by atoms with van der Waals surface area (Å²) in [6.45, 7) is 4.08. The molecule has 1 aliphatic rings. The highest BCUT2D eigenvalue weighted by molar-refractivity contribution is 5.91. The second-order valence-corrected chi connectivity index (χ2v) is 4.37. The highest BCUT2D eigenvalue weighted by Crippen LogP contribution is 2.19. The van der Waals surface area contributed by atoms with Crippen LogP contribution in [0.3, 0.4) is 0 Å². The smallest absolute Gasteiger partial charge is 0.162 e. The van der Waals surface area contributed by atoms with Gasteiger partial charge in [0.25, 0.3) is 0 Å². The summed E-state index contributed by atoms with van der Waals surface area (Å²) in [6, 6.07) is 0. The Labute approximate surface area is 92.7 Å². The second kappa shape index (κ2) is 6.65. The predicted molar refractivity (Wildman–Crippen MR) is 61.6 cm³/mol. The van der Waals surface area contributed by atoms with Crippen molar-refractivity contribution >= 4 is 5.78 Å². The van der Waals surface area contributed by atoms with E-state index in [9.17, 15) is 4.79 Å². The molecule has 1 atom stereocenters. The SMILES string of the molecule is CCCCCCCC1CC(=O)C=C(C)O1. The van der Waals surface area contributed by atoms with Crippen molar-refractivity contribution < 1.29 is 9.53 Å². The summed E-state index contributed by atoms with van der Waals surface area (Å²) < 4.78 is 5.60. The predicted octanol–water partition coefficient (Wildman–Crippen LogP) is 3.61. The molecule has 0 bridgehead atoms. The fourth-order valence-corrected chi connectivity index (χ4v) is 1.99. The summed E-state index contributed by atoms with van der Waals surface area (Å²) in [7, 11) is 0. The molecule has 0 saturated heterocycles. The number of carbonyl (C=O) groups is 1. The molecule has 0 fully saturated rings. The van der Waals surface area contributed by atoms with E-state index in [4.69, 9.17) is 4.74 Å². The first-order chi connectivity index (χ1) is 7.22. The number of unbranched alkanes of at least 4 members (excludes halogenated alkanes) is 4. The molecule has 15 heavy (non-hydrogen) atoms. The standard InChI is InChI=1S/C13H22O2/c1-3-4-5-6-7-8-13-10-12(14)9-11(2)15-13/h9,13H,3-8,10H2,1-2H3. The largest absolute Gasteiger partial charge is 0.494 e. The number of carbonyl (C=O) groups excluding carboxylic acids is 1. The fourth-order valence-electron chi connectivity index (χ4n) is 1.99. The molecule has 2 heteroatoms. The van der Waals surface area contributed by atoms with Crippen LogP contribution in [0, 0.1) is 0 Å². The van der Waals surface area contributed by atoms with Gasteiger partial charge in [0, 0.05) is 12.5 Å². The number of ether oxygens (including phenoxy) is 1. The van der Waals surface area contributed by atoms with Gasteiger partial charge >= 0.3 is 0 Å². The third kappa shape index (κ3) is 5.01. The first kappa shape index (κ1) is 12.3. The van der Waals surface area contributed by atoms with Gasteiger partial charge in [0.05, 0.1) is 5.76 Å².